The first-order valence-electron chi connectivity index (χ1n) is 4.30. The molecule has 0 saturated carbocycles. The van der Waals surface area contributed by atoms with Gasteiger partial charge in [0.05, 0.1) is 17.9 Å². The van der Waals surface area contributed by atoms with Crippen molar-refractivity contribution in [3.63, 3.8) is 0 Å². The van der Waals surface area contributed by atoms with Crippen LogP contribution in [0.2, 0.25) is 0 Å². The van der Waals surface area contributed by atoms with Crippen molar-refractivity contribution in [1.29, 1.82) is 0 Å². The Morgan fingerprint density at radius 3 is 3.18 bits per heavy atom. The standard InChI is InChI=1S/C8H15N3/c1-5-3-7-8(4-9-5)11-6(2)10-7/h5,7-9H,3-4H2,1-2H3,(H,10,11). The molecule has 1 saturated heterocycles. The van der Waals surface area contributed by atoms with Gasteiger partial charge < -0.3 is 10.6 Å². The van der Waals surface area contributed by atoms with Crippen LogP contribution >= 0.6 is 0 Å². The molecule has 2 N–H and O–H groups in total. The number of amidine groups is 1. The first-order chi connectivity index (χ1) is 5.25. The zero-order chi connectivity index (χ0) is 7.84. The van der Waals surface area contributed by atoms with Crippen LogP contribution in [0.25, 0.3) is 0 Å². The third kappa shape index (κ3) is 1.25. The van der Waals surface area contributed by atoms with Gasteiger partial charge in [0.1, 0.15) is 0 Å². The summed E-state index contributed by atoms with van der Waals surface area (Å²) in [5.41, 5.74) is 0. The highest BCUT2D eigenvalue weighted by Gasteiger charge is 2.31. The highest BCUT2D eigenvalue weighted by molar-refractivity contribution is 5.82. The van der Waals surface area contributed by atoms with Gasteiger partial charge in [-0.05, 0) is 20.3 Å². The molecule has 1 fully saturated rings. The predicted octanol–water partition coefficient (Wildman–Crippen LogP) is 0.127. The van der Waals surface area contributed by atoms with Crippen molar-refractivity contribution in [2.24, 2.45) is 4.99 Å². The van der Waals surface area contributed by atoms with Crippen molar-refractivity contribution in [2.75, 3.05) is 6.54 Å². The van der Waals surface area contributed by atoms with E-state index in [1.165, 1.54) is 6.42 Å². The maximum absolute atomic E-state index is 4.53. The fraction of sp³-hybridized carbons (Fsp3) is 0.875. The molecular formula is C8H15N3. The van der Waals surface area contributed by atoms with Crippen LogP contribution in [0.4, 0.5) is 0 Å². The third-order valence-electron chi connectivity index (χ3n) is 2.50. The lowest BCUT2D eigenvalue weighted by Gasteiger charge is -2.29. The van der Waals surface area contributed by atoms with Crippen LogP contribution in [0.3, 0.4) is 0 Å². The molecule has 3 nitrogen and oxygen atoms in total. The quantitative estimate of drug-likeness (QED) is 0.519. The summed E-state index contributed by atoms with van der Waals surface area (Å²) in [6, 6.07) is 1.73. The number of hydrogen-bond acceptors (Lipinski definition) is 3. The Balaban J connectivity index is 2.05. The second kappa shape index (κ2) is 2.48. The zero-order valence-electron chi connectivity index (χ0n) is 7.09. The molecule has 0 aromatic heterocycles. The lowest BCUT2D eigenvalue weighted by molar-refractivity contribution is 0.341. The summed E-state index contributed by atoms with van der Waals surface area (Å²) in [7, 11) is 0. The highest BCUT2D eigenvalue weighted by atomic mass is 15.2. The van der Waals surface area contributed by atoms with Crippen LogP contribution in [-0.4, -0.2) is 30.5 Å². The fourth-order valence-electron chi connectivity index (χ4n) is 1.92. The van der Waals surface area contributed by atoms with E-state index in [4.69, 9.17) is 0 Å². The van der Waals surface area contributed by atoms with E-state index in [1.807, 2.05) is 6.92 Å². The minimum atomic E-state index is 0.534. The second-order valence-electron chi connectivity index (χ2n) is 3.58. The molecule has 2 aliphatic rings. The van der Waals surface area contributed by atoms with Crippen molar-refractivity contribution in [3.05, 3.63) is 0 Å². The number of fused-ring (bicyclic) bond motifs is 1. The van der Waals surface area contributed by atoms with E-state index in [2.05, 4.69) is 22.5 Å². The second-order valence-corrected chi connectivity index (χ2v) is 3.58. The lowest BCUT2D eigenvalue weighted by atomic mass is 9.98. The Morgan fingerprint density at radius 1 is 1.55 bits per heavy atom. The van der Waals surface area contributed by atoms with Crippen LogP contribution in [0.5, 0.6) is 0 Å². The number of nitrogens with one attached hydrogen (secondary N) is 2. The van der Waals surface area contributed by atoms with Gasteiger partial charge in [0.15, 0.2) is 0 Å². The van der Waals surface area contributed by atoms with Gasteiger partial charge in [-0.2, -0.15) is 0 Å². The van der Waals surface area contributed by atoms with E-state index in [0.29, 0.717) is 18.1 Å². The van der Waals surface area contributed by atoms with Crippen molar-refractivity contribution in [2.45, 2.75) is 38.4 Å². The average Bonchev–Trinajstić information content (AvgIpc) is 2.27. The van der Waals surface area contributed by atoms with Crippen LogP contribution in [0.15, 0.2) is 4.99 Å². The van der Waals surface area contributed by atoms with E-state index in [9.17, 15) is 0 Å². The van der Waals surface area contributed by atoms with E-state index < -0.39 is 0 Å². The lowest BCUT2D eigenvalue weighted by Crippen LogP contribution is -2.51. The normalized spacial score (nSPS) is 42.7. The molecule has 3 atom stereocenters. The predicted molar refractivity (Wildman–Crippen MR) is 45.9 cm³/mol. The van der Waals surface area contributed by atoms with Gasteiger partial charge in [-0.15, -0.1) is 0 Å². The summed E-state index contributed by atoms with van der Waals surface area (Å²) in [6.07, 6.45) is 1.18. The minimum Gasteiger partial charge on any atom is -0.368 e. The van der Waals surface area contributed by atoms with E-state index in [-0.39, 0.29) is 0 Å². The van der Waals surface area contributed by atoms with Crippen molar-refractivity contribution < 1.29 is 0 Å². The molecule has 11 heavy (non-hydrogen) atoms. The molecule has 2 rings (SSSR count). The first-order valence-corrected chi connectivity index (χ1v) is 4.30. The molecule has 0 bridgehead atoms. The number of rotatable bonds is 0. The number of nitrogens with zero attached hydrogens (tertiary/aromatic N) is 1. The Hall–Kier alpha value is -0.570. The molecule has 0 radical (unpaired) electrons. The number of piperidine rings is 1. The summed E-state index contributed by atoms with van der Waals surface area (Å²) in [6.45, 7) is 5.33. The summed E-state index contributed by atoms with van der Waals surface area (Å²) < 4.78 is 0. The maximum Gasteiger partial charge on any atom is 0.0939 e. The van der Waals surface area contributed by atoms with Crippen LogP contribution in [0.1, 0.15) is 20.3 Å². The minimum absolute atomic E-state index is 0.534. The molecule has 0 aromatic rings. The van der Waals surface area contributed by atoms with E-state index >= 15 is 0 Å². The fourth-order valence-corrected chi connectivity index (χ4v) is 1.92. The third-order valence-corrected chi connectivity index (χ3v) is 2.50. The van der Waals surface area contributed by atoms with Crippen LogP contribution in [0, 0.1) is 0 Å². The van der Waals surface area contributed by atoms with Gasteiger partial charge >= 0.3 is 0 Å². The van der Waals surface area contributed by atoms with Crippen molar-refractivity contribution >= 4 is 5.84 Å². The SMILES string of the molecule is CC1=NC2CC(C)NCC2N1. The summed E-state index contributed by atoms with van der Waals surface area (Å²) >= 11 is 0. The number of hydrogen-bond donors (Lipinski definition) is 2. The smallest absolute Gasteiger partial charge is 0.0939 e. The topological polar surface area (TPSA) is 36.4 Å². The molecule has 62 valence electrons. The summed E-state index contributed by atoms with van der Waals surface area (Å²) in [5, 5.41) is 6.80. The Labute approximate surface area is 67.3 Å². The van der Waals surface area contributed by atoms with Gasteiger partial charge in [-0.25, -0.2) is 0 Å². The molecule has 0 aromatic carbocycles. The van der Waals surface area contributed by atoms with Crippen molar-refractivity contribution in [1.82, 2.24) is 10.6 Å². The zero-order valence-corrected chi connectivity index (χ0v) is 7.09. The number of aliphatic imine (C=N–C) groups is 1. The molecule has 3 unspecified atom stereocenters. The Morgan fingerprint density at radius 2 is 2.36 bits per heavy atom. The average molecular weight is 153 g/mol. The summed E-state index contributed by atoms with van der Waals surface area (Å²) in [4.78, 5) is 4.53. The van der Waals surface area contributed by atoms with Crippen molar-refractivity contribution in [3.8, 4) is 0 Å². The molecule has 2 heterocycles. The Bertz CT molecular complexity index is 188. The molecule has 0 aliphatic carbocycles. The Kier molecular flexibility index (Phi) is 1.60. The van der Waals surface area contributed by atoms with Crippen LogP contribution < -0.4 is 10.6 Å². The molecule has 0 amide bonds. The summed E-state index contributed by atoms with van der Waals surface area (Å²) in [5.74, 6) is 1.11. The first kappa shape index (κ1) is 7.10. The highest BCUT2D eigenvalue weighted by Crippen LogP contribution is 2.16. The van der Waals surface area contributed by atoms with Gasteiger partial charge in [-0.3, -0.25) is 4.99 Å². The van der Waals surface area contributed by atoms with Crippen LogP contribution in [-0.2, 0) is 0 Å². The van der Waals surface area contributed by atoms with E-state index in [0.717, 1.165) is 12.4 Å². The van der Waals surface area contributed by atoms with Gasteiger partial charge in [0, 0.05) is 12.6 Å². The molecule has 0 spiro atoms. The largest absolute Gasteiger partial charge is 0.368 e. The molecule has 2 aliphatic heterocycles. The van der Waals surface area contributed by atoms with E-state index in [1.54, 1.807) is 0 Å². The van der Waals surface area contributed by atoms with Gasteiger partial charge in [0.2, 0.25) is 0 Å². The monoisotopic (exact) mass is 153 g/mol. The molecule has 3 heteroatoms. The maximum atomic E-state index is 4.53. The molecular weight excluding hydrogens is 138 g/mol. The van der Waals surface area contributed by atoms with Gasteiger partial charge in [-0.1, -0.05) is 0 Å². The van der Waals surface area contributed by atoms with Gasteiger partial charge in [0.25, 0.3) is 0 Å².